The number of nitrogens with two attached hydrogens (primary N) is 1. The van der Waals surface area contributed by atoms with Gasteiger partial charge >= 0.3 is 5.97 Å². The number of ether oxygens (including phenoxy) is 1. The number of anilines is 2. The summed E-state index contributed by atoms with van der Waals surface area (Å²) in [6.07, 6.45) is 0. The first-order chi connectivity index (χ1) is 19.1. The van der Waals surface area contributed by atoms with Crippen molar-refractivity contribution in [2.75, 3.05) is 11.1 Å². The zero-order valence-corrected chi connectivity index (χ0v) is 22.5. The van der Waals surface area contributed by atoms with Crippen molar-refractivity contribution >= 4 is 65.6 Å². The topological polar surface area (TPSA) is 235 Å². The Bertz CT molecular complexity index is 1940. The number of amides is 1. The third kappa shape index (κ3) is 6.64. The van der Waals surface area contributed by atoms with Crippen LogP contribution >= 0.6 is 0 Å². The molecule has 4 aromatic rings. The number of phenols is 1. The number of rotatable bonds is 7. The first-order valence-corrected chi connectivity index (χ1v) is 14.2. The fourth-order valence-corrected chi connectivity index (χ4v) is 4.84. The van der Waals surface area contributed by atoms with Gasteiger partial charge in [-0.15, -0.1) is 5.11 Å². The molecule has 0 aliphatic carbocycles. The van der Waals surface area contributed by atoms with Gasteiger partial charge in [0.05, 0.1) is 21.5 Å². The fraction of sp³-hybridized carbons (Fsp3) is 0.0400. The summed E-state index contributed by atoms with van der Waals surface area (Å²) in [5, 5.41) is 20.5. The van der Waals surface area contributed by atoms with E-state index >= 15 is 0 Å². The zero-order valence-electron chi connectivity index (χ0n) is 20.8. The minimum Gasteiger partial charge on any atom is -0.505 e. The number of esters is 1. The second-order valence-corrected chi connectivity index (χ2v) is 11.3. The highest BCUT2D eigenvalue weighted by atomic mass is 32.2. The fourth-order valence-electron chi connectivity index (χ4n) is 3.65. The number of azo groups is 1. The highest BCUT2D eigenvalue weighted by molar-refractivity contribution is 7.86. The normalized spacial score (nSPS) is 12.0. The quantitative estimate of drug-likeness (QED) is 0.0662. The van der Waals surface area contributed by atoms with Crippen LogP contribution in [-0.4, -0.2) is 42.9 Å². The third-order valence-corrected chi connectivity index (χ3v) is 7.16. The highest BCUT2D eigenvalue weighted by Gasteiger charge is 2.27. The van der Waals surface area contributed by atoms with Gasteiger partial charge in [-0.3, -0.25) is 13.9 Å². The lowest BCUT2D eigenvalue weighted by Gasteiger charge is -2.14. The molecule has 0 saturated carbocycles. The predicted octanol–water partition coefficient (Wildman–Crippen LogP) is 4.21. The van der Waals surface area contributed by atoms with Crippen LogP contribution in [0.4, 0.5) is 22.7 Å². The number of aromatic hydroxyl groups is 1. The number of carbonyl (C=O) groups excluding carboxylic acids is 2. The lowest BCUT2D eigenvalue weighted by Crippen LogP contribution is -2.10. The number of nitrogen functional groups attached to an aromatic ring is 1. The molecule has 1 amide bonds. The molecule has 0 atom stereocenters. The van der Waals surface area contributed by atoms with E-state index in [0.29, 0.717) is 11.4 Å². The van der Waals surface area contributed by atoms with Gasteiger partial charge in [0.1, 0.15) is 16.3 Å². The number of hydrogen-bond acceptors (Lipinski definition) is 11. The van der Waals surface area contributed by atoms with Crippen molar-refractivity contribution in [3.8, 4) is 11.5 Å². The van der Waals surface area contributed by atoms with E-state index < -0.39 is 53.2 Å². The van der Waals surface area contributed by atoms with Crippen LogP contribution in [0.5, 0.6) is 11.5 Å². The molecule has 16 heteroatoms. The van der Waals surface area contributed by atoms with E-state index in [-0.39, 0.29) is 27.9 Å². The van der Waals surface area contributed by atoms with Gasteiger partial charge in [-0.05, 0) is 66.0 Å². The van der Waals surface area contributed by atoms with Crippen LogP contribution in [0.1, 0.15) is 17.3 Å². The number of carbonyl (C=O) groups is 2. The molecule has 14 nitrogen and oxygen atoms in total. The summed E-state index contributed by atoms with van der Waals surface area (Å²) in [5.74, 6) is -2.87. The van der Waals surface area contributed by atoms with Crippen molar-refractivity contribution in [3.05, 3.63) is 72.3 Å². The van der Waals surface area contributed by atoms with Crippen LogP contribution in [0, 0.1) is 0 Å². The Hall–Kier alpha value is -4.90. The first kappa shape index (κ1) is 29.1. The number of phenolic OH excluding ortho intramolecular Hbond substituents is 1. The first-order valence-electron chi connectivity index (χ1n) is 11.3. The highest BCUT2D eigenvalue weighted by Crippen LogP contribution is 2.46. The number of nitrogens with one attached hydrogen (secondary N) is 1. The molecule has 0 bridgehead atoms. The number of benzene rings is 4. The Kier molecular flexibility index (Phi) is 7.76. The standard InChI is InChI=1S/C25H20N4O10S2/c1-13(30)27-17-6-8-18(9-7-17)28-29-23-21(41(36,37)38)11-15-10-19(40(33,34)35)12-20(22(15)24(23)31)39-25(32)14-2-4-16(26)5-3-14/h2-12,31H,26H2,1H3,(H,27,30)(H,33,34,35)(H,36,37,38). The summed E-state index contributed by atoms with van der Waals surface area (Å²) in [5.41, 5.74) is 5.77. The summed E-state index contributed by atoms with van der Waals surface area (Å²) in [7, 11) is -10.0. The Labute approximate surface area is 232 Å². The van der Waals surface area contributed by atoms with Crippen molar-refractivity contribution in [3.63, 3.8) is 0 Å². The van der Waals surface area contributed by atoms with Gasteiger partial charge in [0.2, 0.25) is 5.91 Å². The van der Waals surface area contributed by atoms with Crippen LogP contribution in [0.3, 0.4) is 0 Å². The van der Waals surface area contributed by atoms with Crippen LogP contribution in [0.2, 0.25) is 0 Å². The van der Waals surface area contributed by atoms with Crippen molar-refractivity contribution in [2.24, 2.45) is 10.2 Å². The summed E-state index contributed by atoms with van der Waals surface area (Å²) in [6.45, 7) is 1.31. The molecular weight excluding hydrogens is 580 g/mol. The number of fused-ring (bicyclic) bond motifs is 1. The molecule has 4 aromatic carbocycles. The van der Waals surface area contributed by atoms with E-state index in [4.69, 9.17) is 10.5 Å². The van der Waals surface area contributed by atoms with Gasteiger partial charge in [-0.2, -0.15) is 21.9 Å². The summed E-state index contributed by atoms with van der Waals surface area (Å²) in [4.78, 5) is 22.2. The van der Waals surface area contributed by atoms with Crippen molar-refractivity contribution < 1.29 is 45.4 Å². The number of hydrogen-bond donors (Lipinski definition) is 5. The van der Waals surface area contributed by atoms with E-state index in [2.05, 4.69) is 15.5 Å². The molecule has 41 heavy (non-hydrogen) atoms. The van der Waals surface area contributed by atoms with Gasteiger partial charge in [-0.1, -0.05) is 0 Å². The second-order valence-electron chi connectivity index (χ2n) is 8.48. The minimum atomic E-state index is -5.10. The van der Waals surface area contributed by atoms with Gasteiger partial charge in [0, 0.05) is 24.4 Å². The largest absolute Gasteiger partial charge is 0.505 e. The molecule has 212 valence electrons. The monoisotopic (exact) mass is 600 g/mol. The maximum Gasteiger partial charge on any atom is 0.343 e. The lowest BCUT2D eigenvalue weighted by atomic mass is 10.1. The third-order valence-electron chi connectivity index (χ3n) is 5.47. The average Bonchev–Trinajstić information content (AvgIpc) is 2.87. The summed E-state index contributed by atoms with van der Waals surface area (Å²) < 4.78 is 73.0. The number of nitrogens with zero attached hydrogens (tertiary/aromatic N) is 2. The van der Waals surface area contributed by atoms with Crippen LogP contribution in [0.25, 0.3) is 10.8 Å². The van der Waals surface area contributed by atoms with Gasteiger partial charge < -0.3 is 20.9 Å². The SMILES string of the molecule is CC(=O)Nc1ccc(N=Nc2c(S(=O)(=O)O)cc3cc(S(=O)(=O)O)cc(OC(=O)c4ccc(N)cc4)c3c2O)cc1. The average molecular weight is 601 g/mol. The zero-order chi connectivity index (χ0) is 30.1. The van der Waals surface area contributed by atoms with Gasteiger partial charge in [0.15, 0.2) is 5.75 Å². The van der Waals surface area contributed by atoms with Crippen LogP contribution < -0.4 is 15.8 Å². The molecule has 0 saturated heterocycles. The smallest absolute Gasteiger partial charge is 0.343 e. The molecule has 0 unspecified atom stereocenters. The van der Waals surface area contributed by atoms with E-state index in [1.165, 1.54) is 55.5 Å². The van der Waals surface area contributed by atoms with Crippen molar-refractivity contribution in [2.45, 2.75) is 16.7 Å². The Morgan fingerprint density at radius 2 is 1.51 bits per heavy atom. The Balaban J connectivity index is 1.91. The molecule has 0 heterocycles. The molecule has 0 aromatic heterocycles. The Morgan fingerprint density at radius 1 is 0.878 bits per heavy atom. The second kappa shape index (κ2) is 10.9. The Morgan fingerprint density at radius 3 is 2.07 bits per heavy atom. The van der Waals surface area contributed by atoms with Crippen molar-refractivity contribution in [1.29, 1.82) is 0 Å². The lowest BCUT2D eigenvalue weighted by molar-refractivity contribution is -0.114. The van der Waals surface area contributed by atoms with Crippen molar-refractivity contribution in [1.82, 2.24) is 0 Å². The maximum absolute atomic E-state index is 12.8. The molecule has 4 rings (SSSR count). The van der Waals surface area contributed by atoms with Crippen LogP contribution in [0.15, 0.2) is 86.7 Å². The maximum atomic E-state index is 12.8. The molecule has 0 spiro atoms. The molecule has 0 radical (unpaired) electrons. The molecule has 0 aliphatic rings. The van der Waals surface area contributed by atoms with E-state index in [1.807, 2.05) is 0 Å². The van der Waals surface area contributed by atoms with Gasteiger partial charge in [0.25, 0.3) is 20.2 Å². The molecule has 0 aliphatic heterocycles. The minimum absolute atomic E-state index is 0.0127. The van der Waals surface area contributed by atoms with Gasteiger partial charge in [-0.25, -0.2) is 4.79 Å². The summed E-state index contributed by atoms with van der Waals surface area (Å²) >= 11 is 0. The molecular formula is C25H20N4O10S2. The molecule has 0 fully saturated rings. The molecule has 6 N–H and O–H groups in total. The summed E-state index contributed by atoms with van der Waals surface area (Å²) in [6, 6.07) is 13.5. The predicted molar refractivity (Wildman–Crippen MR) is 146 cm³/mol. The van der Waals surface area contributed by atoms with E-state index in [1.54, 1.807) is 0 Å². The van der Waals surface area contributed by atoms with E-state index in [9.17, 15) is 40.6 Å². The van der Waals surface area contributed by atoms with Crippen LogP contribution in [-0.2, 0) is 25.0 Å². The van der Waals surface area contributed by atoms with E-state index in [0.717, 1.165) is 18.2 Å².